The highest BCUT2D eigenvalue weighted by Gasteiger charge is 2.06. The standard InChI is InChI=1S/C11H12N4S/c1-3-4-5-14-15-11-10-9(12-7-13-11)8(2)6-16-10/h3-7H,1-2H3,(H,12,13,15)/b4-3+,14-5?. The van der Waals surface area contributed by atoms with E-state index in [0.29, 0.717) is 0 Å². The van der Waals surface area contributed by atoms with Gasteiger partial charge in [0.15, 0.2) is 5.82 Å². The van der Waals surface area contributed by atoms with Crippen molar-refractivity contribution in [3.05, 3.63) is 29.4 Å². The van der Waals surface area contributed by atoms with E-state index in [1.165, 1.54) is 5.56 Å². The fourth-order valence-electron chi connectivity index (χ4n) is 1.28. The number of hydrazone groups is 1. The van der Waals surface area contributed by atoms with Crippen LogP contribution in [0.1, 0.15) is 12.5 Å². The van der Waals surface area contributed by atoms with Crippen molar-refractivity contribution in [2.45, 2.75) is 13.8 Å². The Balaban J connectivity index is 2.30. The van der Waals surface area contributed by atoms with Gasteiger partial charge in [-0.05, 0) is 30.9 Å². The highest BCUT2D eigenvalue weighted by Crippen LogP contribution is 2.28. The van der Waals surface area contributed by atoms with Crippen molar-refractivity contribution in [3.8, 4) is 0 Å². The number of hydrogen-bond donors (Lipinski definition) is 1. The van der Waals surface area contributed by atoms with Crippen LogP contribution in [0.15, 0.2) is 29.0 Å². The maximum atomic E-state index is 4.24. The predicted molar refractivity (Wildman–Crippen MR) is 69.1 cm³/mol. The van der Waals surface area contributed by atoms with Gasteiger partial charge in [0.1, 0.15) is 6.33 Å². The number of nitrogens with zero attached hydrogens (tertiary/aromatic N) is 3. The topological polar surface area (TPSA) is 50.2 Å². The number of rotatable bonds is 3. The van der Waals surface area contributed by atoms with E-state index in [1.807, 2.05) is 26.0 Å². The molecular formula is C11H12N4S. The molecule has 0 saturated carbocycles. The zero-order valence-corrected chi connectivity index (χ0v) is 9.95. The van der Waals surface area contributed by atoms with Crippen LogP contribution >= 0.6 is 11.3 Å². The summed E-state index contributed by atoms with van der Waals surface area (Å²) in [6.07, 6.45) is 7.01. The van der Waals surface area contributed by atoms with Crippen LogP contribution in [0.3, 0.4) is 0 Å². The normalized spacial score (nSPS) is 11.9. The second-order valence-electron chi connectivity index (χ2n) is 3.23. The molecule has 16 heavy (non-hydrogen) atoms. The van der Waals surface area contributed by atoms with Gasteiger partial charge in [0.05, 0.1) is 10.2 Å². The van der Waals surface area contributed by atoms with Gasteiger partial charge in [0.2, 0.25) is 0 Å². The molecule has 0 aliphatic rings. The third-order valence-corrected chi connectivity index (χ3v) is 3.15. The molecule has 0 bridgehead atoms. The maximum Gasteiger partial charge on any atom is 0.167 e. The number of allylic oxidation sites excluding steroid dienone is 2. The van der Waals surface area contributed by atoms with E-state index in [2.05, 4.69) is 25.9 Å². The molecule has 82 valence electrons. The number of hydrogen-bond acceptors (Lipinski definition) is 5. The highest BCUT2D eigenvalue weighted by atomic mass is 32.1. The number of anilines is 1. The summed E-state index contributed by atoms with van der Waals surface area (Å²) >= 11 is 1.62. The molecule has 0 saturated heterocycles. The van der Waals surface area contributed by atoms with Crippen LogP contribution in [0, 0.1) is 6.92 Å². The van der Waals surface area contributed by atoms with Crippen molar-refractivity contribution in [3.63, 3.8) is 0 Å². The Morgan fingerprint density at radius 3 is 3.12 bits per heavy atom. The molecule has 0 atom stereocenters. The van der Waals surface area contributed by atoms with Gasteiger partial charge in [-0.2, -0.15) is 5.10 Å². The summed E-state index contributed by atoms with van der Waals surface area (Å²) in [6, 6.07) is 0. The fraction of sp³-hybridized carbons (Fsp3) is 0.182. The summed E-state index contributed by atoms with van der Waals surface area (Å²) in [4.78, 5) is 8.41. The van der Waals surface area contributed by atoms with E-state index in [4.69, 9.17) is 0 Å². The van der Waals surface area contributed by atoms with Crippen molar-refractivity contribution in [1.29, 1.82) is 0 Å². The van der Waals surface area contributed by atoms with E-state index in [0.717, 1.165) is 16.0 Å². The van der Waals surface area contributed by atoms with Crippen molar-refractivity contribution >= 4 is 33.6 Å². The van der Waals surface area contributed by atoms with Crippen LogP contribution in [0.2, 0.25) is 0 Å². The molecule has 0 unspecified atom stereocenters. The molecule has 2 aromatic heterocycles. The average Bonchev–Trinajstić information content (AvgIpc) is 2.68. The molecule has 0 fully saturated rings. The molecule has 1 N–H and O–H groups in total. The van der Waals surface area contributed by atoms with Gasteiger partial charge < -0.3 is 0 Å². The molecule has 0 aliphatic carbocycles. The number of nitrogens with one attached hydrogen (secondary N) is 1. The fourth-order valence-corrected chi connectivity index (χ4v) is 2.22. The van der Waals surface area contributed by atoms with E-state index in [1.54, 1.807) is 23.9 Å². The Bertz CT molecular complexity index is 542. The maximum absolute atomic E-state index is 4.24. The molecule has 0 spiro atoms. The van der Waals surface area contributed by atoms with Crippen LogP contribution in [-0.2, 0) is 0 Å². The third-order valence-electron chi connectivity index (χ3n) is 2.05. The number of thiophene rings is 1. The summed E-state index contributed by atoms with van der Waals surface area (Å²) in [5, 5.41) is 6.11. The molecule has 0 amide bonds. The molecule has 4 nitrogen and oxygen atoms in total. The molecule has 2 heterocycles. The lowest BCUT2D eigenvalue weighted by Gasteiger charge is -1.99. The molecule has 0 aliphatic heterocycles. The van der Waals surface area contributed by atoms with Crippen molar-refractivity contribution in [2.24, 2.45) is 5.10 Å². The summed E-state index contributed by atoms with van der Waals surface area (Å²) in [7, 11) is 0. The van der Waals surface area contributed by atoms with Gasteiger partial charge in [-0.15, -0.1) is 11.3 Å². The molecule has 5 heteroatoms. The van der Waals surface area contributed by atoms with Gasteiger partial charge in [-0.1, -0.05) is 6.08 Å². The first kappa shape index (κ1) is 10.8. The zero-order valence-electron chi connectivity index (χ0n) is 9.14. The number of aromatic nitrogens is 2. The lowest BCUT2D eigenvalue weighted by atomic mass is 10.3. The van der Waals surface area contributed by atoms with Crippen molar-refractivity contribution in [2.75, 3.05) is 5.43 Å². The van der Waals surface area contributed by atoms with E-state index < -0.39 is 0 Å². The van der Waals surface area contributed by atoms with E-state index in [9.17, 15) is 0 Å². The molecule has 0 aromatic carbocycles. The van der Waals surface area contributed by atoms with Gasteiger partial charge in [0.25, 0.3) is 0 Å². The quantitative estimate of drug-likeness (QED) is 0.653. The summed E-state index contributed by atoms with van der Waals surface area (Å²) in [5.41, 5.74) is 5.07. The molecule has 0 radical (unpaired) electrons. The number of aryl methyl sites for hydroxylation is 1. The molecule has 2 aromatic rings. The van der Waals surface area contributed by atoms with Crippen LogP contribution in [0.5, 0.6) is 0 Å². The SMILES string of the molecule is C/C=C/C=NNc1ncnc2c(C)csc12. The Morgan fingerprint density at radius 1 is 1.44 bits per heavy atom. The summed E-state index contributed by atoms with van der Waals surface area (Å²) in [6.45, 7) is 3.98. The van der Waals surface area contributed by atoms with Gasteiger partial charge in [0, 0.05) is 6.21 Å². The minimum absolute atomic E-state index is 0.754. The Morgan fingerprint density at radius 2 is 2.31 bits per heavy atom. The Hall–Kier alpha value is -1.75. The lowest BCUT2D eigenvalue weighted by Crippen LogP contribution is -1.93. The van der Waals surface area contributed by atoms with Crippen LogP contribution in [-0.4, -0.2) is 16.2 Å². The second kappa shape index (κ2) is 4.85. The Labute approximate surface area is 97.7 Å². The first-order chi connectivity index (χ1) is 7.83. The van der Waals surface area contributed by atoms with Crippen LogP contribution < -0.4 is 5.43 Å². The summed E-state index contributed by atoms with van der Waals surface area (Å²) in [5.74, 6) is 0.754. The van der Waals surface area contributed by atoms with Gasteiger partial charge >= 0.3 is 0 Å². The minimum atomic E-state index is 0.754. The van der Waals surface area contributed by atoms with Crippen LogP contribution in [0.4, 0.5) is 5.82 Å². The predicted octanol–water partition coefficient (Wildman–Crippen LogP) is 2.97. The lowest BCUT2D eigenvalue weighted by molar-refractivity contribution is 1.18. The Kier molecular flexibility index (Phi) is 3.26. The smallest absolute Gasteiger partial charge is 0.167 e. The van der Waals surface area contributed by atoms with Crippen LogP contribution in [0.25, 0.3) is 10.2 Å². The van der Waals surface area contributed by atoms with E-state index >= 15 is 0 Å². The van der Waals surface area contributed by atoms with Gasteiger partial charge in [-0.25, -0.2) is 9.97 Å². The highest BCUT2D eigenvalue weighted by molar-refractivity contribution is 7.17. The number of fused-ring (bicyclic) bond motifs is 1. The summed E-state index contributed by atoms with van der Waals surface area (Å²) < 4.78 is 1.04. The van der Waals surface area contributed by atoms with Crippen molar-refractivity contribution < 1.29 is 0 Å². The molecular weight excluding hydrogens is 220 g/mol. The van der Waals surface area contributed by atoms with Gasteiger partial charge in [-0.3, -0.25) is 5.43 Å². The second-order valence-corrected chi connectivity index (χ2v) is 4.11. The monoisotopic (exact) mass is 232 g/mol. The third kappa shape index (κ3) is 2.09. The minimum Gasteiger partial charge on any atom is -0.260 e. The zero-order chi connectivity index (χ0) is 11.4. The molecule has 2 rings (SSSR count). The average molecular weight is 232 g/mol. The first-order valence-electron chi connectivity index (χ1n) is 4.92. The largest absolute Gasteiger partial charge is 0.260 e. The van der Waals surface area contributed by atoms with E-state index in [-0.39, 0.29) is 0 Å². The first-order valence-corrected chi connectivity index (χ1v) is 5.80. The van der Waals surface area contributed by atoms with Crippen molar-refractivity contribution in [1.82, 2.24) is 9.97 Å².